The molecule has 2 aromatic rings. The number of primary amides is 1. The lowest BCUT2D eigenvalue weighted by atomic mass is 9.77. The quantitative estimate of drug-likeness (QED) is 0.0535. The number of ketones is 2. The Balaban J connectivity index is 1.57. The van der Waals surface area contributed by atoms with Crippen LogP contribution in [0, 0.1) is 41.0 Å². The van der Waals surface area contributed by atoms with Crippen molar-refractivity contribution in [3.05, 3.63) is 69.2 Å². The SMILES string of the molecule is CCCC(NC(=O)[C@@H]1C[C@@H](OC(C)(C)C)CC1C(=O)[C@@H](NC(=O)c1c(F)c(F)c(F)c(C(=O)O)c1F)C1CCCCC1)C(=O)C(=O)NCC(=O)NC(C(N)=O)c1cccc(Cl)c1. The second-order valence-electron chi connectivity index (χ2n) is 16.5. The predicted octanol–water partition coefficient (Wildman–Crippen LogP) is 4.37. The summed E-state index contributed by atoms with van der Waals surface area (Å²) < 4.78 is 65.1. The van der Waals surface area contributed by atoms with Crippen molar-refractivity contribution >= 4 is 58.7 Å². The number of rotatable bonds is 18. The molecule has 0 radical (unpaired) electrons. The summed E-state index contributed by atoms with van der Waals surface area (Å²) in [5.74, 6) is -22.3. The molecule has 7 N–H and O–H groups in total. The molecule has 62 heavy (non-hydrogen) atoms. The van der Waals surface area contributed by atoms with E-state index in [0.29, 0.717) is 25.7 Å². The Morgan fingerprint density at radius 3 is 2.08 bits per heavy atom. The second-order valence-corrected chi connectivity index (χ2v) is 16.9. The summed E-state index contributed by atoms with van der Waals surface area (Å²) in [6, 6.07) is 1.64. The first kappa shape index (κ1) is 49.2. The van der Waals surface area contributed by atoms with Crippen LogP contribution in [0.4, 0.5) is 17.6 Å². The summed E-state index contributed by atoms with van der Waals surface area (Å²) >= 11 is 5.99. The maximum Gasteiger partial charge on any atom is 0.341 e. The lowest BCUT2D eigenvalue weighted by Gasteiger charge is -2.33. The monoisotopic (exact) mass is 895 g/mol. The van der Waals surface area contributed by atoms with Crippen molar-refractivity contribution in [2.75, 3.05) is 6.54 Å². The van der Waals surface area contributed by atoms with Crippen LogP contribution in [0.1, 0.15) is 118 Å². The number of nitrogens with one attached hydrogen (secondary N) is 4. The fraction of sp³-hybridized carbons (Fsp3) is 0.524. The molecule has 0 aliphatic heterocycles. The number of carboxylic acids is 1. The molecule has 2 aromatic carbocycles. The van der Waals surface area contributed by atoms with Gasteiger partial charge in [-0.1, -0.05) is 56.3 Å². The van der Waals surface area contributed by atoms with Gasteiger partial charge in [0, 0.05) is 10.9 Å². The number of nitrogens with two attached hydrogens (primary N) is 1. The van der Waals surface area contributed by atoms with Crippen LogP contribution >= 0.6 is 11.6 Å². The topological polar surface area (TPSA) is 240 Å². The van der Waals surface area contributed by atoms with Gasteiger partial charge in [0.1, 0.15) is 17.2 Å². The number of amides is 5. The summed E-state index contributed by atoms with van der Waals surface area (Å²) in [6.07, 6.45) is 1.94. The van der Waals surface area contributed by atoms with Crippen molar-refractivity contribution in [3.8, 4) is 0 Å². The van der Waals surface area contributed by atoms with E-state index < -0.39 is 136 Å². The zero-order chi connectivity index (χ0) is 46.2. The van der Waals surface area contributed by atoms with E-state index in [2.05, 4.69) is 21.3 Å². The van der Waals surface area contributed by atoms with Gasteiger partial charge in [0.2, 0.25) is 23.5 Å². The molecule has 6 atom stereocenters. The zero-order valence-corrected chi connectivity index (χ0v) is 35.3. The molecule has 4 rings (SSSR count). The molecule has 3 unspecified atom stereocenters. The van der Waals surface area contributed by atoms with E-state index in [0.717, 1.165) is 6.42 Å². The Morgan fingerprint density at radius 1 is 0.871 bits per heavy atom. The van der Waals surface area contributed by atoms with Crippen LogP contribution < -0.4 is 27.0 Å². The molecule has 2 saturated carbocycles. The first-order valence-corrected chi connectivity index (χ1v) is 20.5. The predicted molar refractivity (Wildman–Crippen MR) is 213 cm³/mol. The molecule has 2 aliphatic rings. The van der Waals surface area contributed by atoms with Gasteiger partial charge in [-0.25, -0.2) is 22.4 Å². The first-order valence-electron chi connectivity index (χ1n) is 20.1. The number of benzene rings is 2. The van der Waals surface area contributed by atoms with E-state index in [9.17, 15) is 56.6 Å². The number of halogens is 5. The van der Waals surface area contributed by atoms with Crippen molar-refractivity contribution in [1.82, 2.24) is 21.3 Å². The van der Waals surface area contributed by atoms with Gasteiger partial charge < -0.3 is 36.8 Å². The molecule has 2 fully saturated rings. The molecule has 0 heterocycles. The largest absolute Gasteiger partial charge is 0.477 e. The molecule has 0 bridgehead atoms. The van der Waals surface area contributed by atoms with E-state index in [4.69, 9.17) is 22.1 Å². The molecule has 5 amide bonds. The van der Waals surface area contributed by atoms with Gasteiger partial charge in [0.15, 0.2) is 29.1 Å². The van der Waals surface area contributed by atoms with Crippen LogP contribution in [-0.2, 0) is 33.5 Å². The fourth-order valence-electron chi connectivity index (χ4n) is 8.00. The van der Waals surface area contributed by atoms with Crippen LogP contribution in [0.3, 0.4) is 0 Å². The number of carbonyl (C=O) groups excluding carboxylic acids is 7. The third-order valence-electron chi connectivity index (χ3n) is 10.8. The average molecular weight is 896 g/mol. The van der Waals surface area contributed by atoms with E-state index in [-0.39, 0.29) is 36.3 Å². The van der Waals surface area contributed by atoms with Crippen LogP contribution in [0.25, 0.3) is 0 Å². The smallest absolute Gasteiger partial charge is 0.341 e. The molecule has 338 valence electrons. The Kier molecular flexibility index (Phi) is 16.7. The van der Waals surface area contributed by atoms with Crippen molar-refractivity contribution in [1.29, 1.82) is 0 Å². The van der Waals surface area contributed by atoms with Crippen LogP contribution in [-0.4, -0.2) is 82.5 Å². The molecular weight excluding hydrogens is 846 g/mol. The molecule has 0 spiro atoms. The first-order chi connectivity index (χ1) is 29.1. The minimum Gasteiger partial charge on any atom is -0.477 e. The third-order valence-corrected chi connectivity index (χ3v) is 11.0. The maximum absolute atomic E-state index is 15.3. The number of hydrogen-bond donors (Lipinski definition) is 6. The van der Waals surface area contributed by atoms with E-state index >= 15 is 4.39 Å². The highest BCUT2D eigenvalue weighted by Gasteiger charge is 2.48. The normalized spacial score (nSPS) is 19.4. The minimum atomic E-state index is -2.41. The van der Waals surface area contributed by atoms with E-state index in [1.165, 1.54) is 24.3 Å². The highest BCUT2D eigenvalue weighted by Crippen LogP contribution is 2.40. The number of carboxylic acid groups (broad SMARTS) is 1. The summed E-state index contributed by atoms with van der Waals surface area (Å²) in [4.78, 5) is 105. The minimum absolute atomic E-state index is 0.0552. The Morgan fingerprint density at radius 2 is 1.50 bits per heavy atom. The lowest BCUT2D eigenvalue weighted by Crippen LogP contribution is -2.53. The van der Waals surface area contributed by atoms with Crippen molar-refractivity contribution in [2.45, 2.75) is 115 Å². The van der Waals surface area contributed by atoms with Gasteiger partial charge in [-0.15, -0.1) is 0 Å². The fourth-order valence-corrected chi connectivity index (χ4v) is 8.20. The molecule has 20 heteroatoms. The molecule has 15 nitrogen and oxygen atoms in total. The Labute approximate surface area is 359 Å². The van der Waals surface area contributed by atoms with Gasteiger partial charge in [0.05, 0.1) is 36.3 Å². The summed E-state index contributed by atoms with van der Waals surface area (Å²) in [7, 11) is 0. The van der Waals surface area contributed by atoms with Crippen molar-refractivity contribution in [3.63, 3.8) is 0 Å². The lowest BCUT2D eigenvalue weighted by molar-refractivity contribution is -0.141. The van der Waals surface area contributed by atoms with E-state index in [1.54, 1.807) is 27.7 Å². The Hall–Kier alpha value is -5.43. The van der Waals surface area contributed by atoms with Gasteiger partial charge >= 0.3 is 5.97 Å². The molecule has 2 aliphatic carbocycles. The standard InChI is InChI=1S/C42H50ClF4N5O10/c1-5-10-25(36(55)40(59)49-18-26(53)51-34(37(48)56)20-13-9-14-21(43)15-20)50-38(57)24-17-22(62-42(2,3)4)16-23(24)35(54)33(19-11-7-6-8-12-19)52-39(58)27-29(44)28(41(60)61)31(46)32(47)30(27)45/h9,13-15,19,22-25,33-34H,5-8,10-12,16-18H2,1-4H3,(H2,48,56)(H,49,59)(H,50,57)(H,51,53)(H,52,58)(H,60,61)/t22-,23?,24+,25?,33-,34?/m0/s1. The van der Waals surface area contributed by atoms with Gasteiger partial charge in [-0.3, -0.25) is 33.6 Å². The number of carbonyl (C=O) groups is 8. The number of Topliss-reactive ketones (excluding diaryl/α,β-unsaturated/α-hetero) is 2. The third kappa shape index (κ3) is 12.1. The second kappa shape index (κ2) is 21.1. The highest BCUT2D eigenvalue weighted by atomic mass is 35.5. The number of hydrogen-bond acceptors (Lipinski definition) is 9. The van der Waals surface area contributed by atoms with Gasteiger partial charge in [-0.2, -0.15) is 0 Å². The summed E-state index contributed by atoms with van der Waals surface area (Å²) in [6.45, 7) is 6.11. The molecule has 0 saturated heterocycles. The van der Waals surface area contributed by atoms with Crippen molar-refractivity contribution < 1.29 is 65.8 Å². The van der Waals surface area contributed by atoms with Gasteiger partial charge in [-0.05, 0) is 76.5 Å². The van der Waals surface area contributed by atoms with Gasteiger partial charge in [0.25, 0.3) is 11.8 Å². The average Bonchev–Trinajstić information content (AvgIpc) is 3.62. The van der Waals surface area contributed by atoms with Crippen LogP contribution in [0.2, 0.25) is 5.02 Å². The van der Waals surface area contributed by atoms with Crippen LogP contribution in [0.15, 0.2) is 24.3 Å². The molecular formula is C42H50ClF4N5O10. The maximum atomic E-state index is 15.3. The number of ether oxygens (including phenoxy) is 1. The van der Waals surface area contributed by atoms with E-state index in [1.807, 2.05) is 0 Å². The summed E-state index contributed by atoms with van der Waals surface area (Å²) in [5, 5.41) is 18.9. The molecule has 0 aromatic heterocycles. The Bertz CT molecular complexity index is 2090. The van der Waals surface area contributed by atoms with Crippen LogP contribution in [0.5, 0.6) is 0 Å². The van der Waals surface area contributed by atoms with Crippen molar-refractivity contribution in [2.24, 2.45) is 23.5 Å². The highest BCUT2D eigenvalue weighted by molar-refractivity contribution is 6.38. The summed E-state index contributed by atoms with van der Waals surface area (Å²) in [5.41, 5.74) is 1.27. The zero-order valence-electron chi connectivity index (χ0n) is 34.5. The number of aromatic carboxylic acids is 1.